The molecule has 2 amide bonds. The third-order valence-electron chi connectivity index (χ3n) is 6.40. The number of H-pyrrole nitrogens is 1. The van der Waals surface area contributed by atoms with Gasteiger partial charge in [-0.1, -0.05) is 6.42 Å². The fourth-order valence-corrected chi connectivity index (χ4v) is 5.20. The maximum atomic E-state index is 14.3. The number of carbonyl (C=O) groups is 2. The number of aromatic nitrogens is 1. The van der Waals surface area contributed by atoms with Crippen molar-refractivity contribution >= 4 is 51.7 Å². The lowest BCUT2D eigenvalue weighted by molar-refractivity contribution is -0.141. The number of halogens is 5. The van der Waals surface area contributed by atoms with E-state index < -0.39 is 40.8 Å². The van der Waals surface area contributed by atoms with Gasteiger partial charge in [-0.2, -0.15) is 18.7 Å². The van der Waals surface area contributed by atoms with Crippen molar-refractivity contribution in [2.75, 3.05) is 25.0 Å². The number of hydrogen-bond acceptors (Lipinski definition) is 4. The van der Waals surface area contributed by atoms with Gasteiger partial charge in [0.15, 0.2) is 5.75 Å². The average Bonchev–Trinajstić information content (AvgIpc) is 3.32. The Hall–Kier alpha value is -2.61. The van der Waals surface area contributed by atoms with Crippen LogP contribution in [-0.2, 0) is 15.8 Å². The summed E-state index contributed by atoms with van der Waals surface area (Å²) < 4.78 is 56.9. The number of nitrogens with zero attached hydrogens (tertiary/aromatic N) is 1. The number of nitrogens with one attached hydrogen (secondary N) is 3. The fraction of sp³-hybridized carbons (Fsp3) is 0.440. The number of alkyl halides is 3. The van der Waals surface area contributed by atoms with Gasteiger partial charge in [-0.3, -0.25) is 9.59 Å². The number of hydrogen-bond donors (Lipinski definition) is 3. The number of benzene rings is 1. The van der Waals surface area contributed by atoms with Crippen molar-refractivity contribution in [3.63, 3.8) is 0 Å². The van der Waals surface area contributed by atoms with Crippen LogP contribution in [0.3, 0.4) is 0 Å². The molecular weight excluding hydrogens is 607 g/mol. The van der Waals surface area contributed by atoms with E-state index in [1.165, 1.54) is 38.3 Å². The van der Waals surface area contributed by atoms with E-state index in [2.05, 4.69) is 20.7 Å². The second-order valence-corrected chi connectivity index (χ2v) is 10.4. The highest BCUT2D eigenvalue weighted by Crippen LogP contribution is 2.43. The molecule has 12 heteroatoms. The summed E-state index contributed by atoms with van der Waals surface area (Å²) in [6, 6.07) is 2.72. The highest BCUT2D eigenvalue weighted by Gasteiger charge is 2.41. The maximum Gasteiger partial charge on any atom is 0.422 e. The van der Waals surface area contributed by atoms with E-state index in [1.807, 2.05) is 22.6 Å². The fourth-order valence-electron chi connectivity index (χ4n) is 4.62. The van der Waals surface area contributed by atoms with Crippen LogP contribution < -0.4 is 15.6 Å². The molecule has 1 saturated heterocycles. The first-order valence-electron chi connectivity index (χ1n) is 12.0. The quantitative estimate of drug-likeness (QED) is 0.115. The van der Waals surface area contributed by atoms with Crippen LogP contribution in [0.1, 0.15) is 61.0 Å². The summed E-state index contributed by atoms with van der Waals surface area (Å²) in [4.78, 5) is 34.8. The third-order valence-corrected chi connectivity index (χ3v) is 7.03. The highest BCUT2D eigenvalue weighted by molar-refractivity contribution is 14.1. The first-order valence-corrected chi connectivity index (χ1v) is 13.1. The van der Waals surface area contributed by atoms with Gasteiger partial charge < -0.3 is 20.0 Å². The number of likely N-dealkylation sites (tertiary alicyclic amines) is 1. The zero-order chi connectivity index (χ0) is 26.7. The van der Waals surface area contributed by atoms with Gasteiger partial charge in [0, 0.05) is 15.6 Å². The van der Waals surface area contributed by atoms with Crippen LogP contribution in [0.15, 0.2) is 12.1 Å². The van der Waals surface area contributed by atoms with Crippen molar-refractivity contribution in [1.82, 2.24) is 15.4 Å². The Kier molecular flexibility index (Phi) is 8.46. The predicted octanol–water partition coefficient (Wildman–Crippen LogP) is 5.64. The minimum atomic E-state index is -4.86. The summed E-state index contributed by atoms with van der Waals surface area (Å²) >= 11 is 1.86. The van der Waals surface area contributed by atoms with Crippen LogP contribution in [0.2, 0.25) is 0 Å². The van der Waals surface area contributed by atoms with Gasteiger partial charge in [0.2, 0.25) is 0 Å². The van der Waals surface area contributed by atoms with Crippen molar-refractivity contribution < 1.29 is 32.0 Å². The van der Waals surface area contributed by atoms with Crippen LogP contribution in [0.25, 0.3) is 11.6 Å². The Bertz CT molecular complexity index is 1220. The SMILES string of the molecule is Cc1[nH]c(/C=C2\C(=O)Nc3c(F)cc(I)cc32)c(C(F)(F)F)c1ONC(=O)CCCCN1CCCCC1. The molecule has 1 aromatic heterocycles. The van der Waals surface area contributed by atoms with Crippen molar-refractivity contribution in [3.05, 3.63) is 44.0 Å². The van der Waals surface area contributed by atoms with Crippen LogP contribution >= 0.6 is 22.6 Å². The van der Waals surface area contributed by atoms with E-state index >= 15 is 0 Å². The van der Waals surface area contributed by atoms with E-state index in [1.54, 1.807) is 0 Å². The summed E-state index contributed by atoms with van der Waals surface area (Å²) in [7, 11) is 0. The van der Waals surface area contributed by atoms with E-state index in [4.69, 9.17) is 4.84 Å². The van der Waals surface area contributed by atoms with Gasteiger partial charge >= 0.3 is 6.18 Å². The molecule has 2 aromatic rings. The molecule has 0 spiro atoms. The lowest BCUT2D eigenvalue weighted by atomic mass is 10.0. The summed E-state index contributed by atoms with van der Waals surface area (Å²) in [5, 5.41) is 2.36. The van der Waals surface area contributed by atoms with E-state index in [-0.39, 0.29) is 28.9 Å². The first-order chi connectivity index (χ1) is 17.5. The van der Waals surface area contributed by atoms with Crippen molar-refractivity contribution in [3.8, 4) is 5.75 Å². The lowest BCUT2D eigenvalue weighted by Crippen LogP contribution is -2.31. The summed E-state index contributed by atoms with van der Waals surface area (Å²) in [6.07, 6.45) is 1.27. The monoisotopic (exact) mass is 634 g/mol. The van der Waals surface area contributed by atoms with Gasteiger partial charge in [-0.25, -0.2) is 4.39 Å². The molecule has 200 valence electrons. The number of fused-ring (bicyclic) bond motifs is 1. The topological polar surface area (TPSA) is 86.5 Å². The van der Waals surface area contributed by atoms with E-state index in [0.29, 0.717) is 9.99 Å². The standard InChI is InChI=1S/C25H27F4IN4O3/c1-14-23(37-33-20(35)7-3-6-10-34-8-4-2-5-9-34)21(25(27,28)29)19(31-14)13-17-16-11-15(30)12-18(26)22(16)32-24(17)36/h11-13,31H,2-10H2,1H3,(H,32,36)(H,33,35)/b17-13-. The number of anilines is 1. The molecule has 7 nitrogen and oxygen atoms in total. The van der Waals surface area contributed by atoms with Gasteiger partial charge in [0.1, 0.15) is 11.4 Å². The maximum absolute atomic E-state index is 14.3. The molecule has 1 fully saturated rings. The largest absolute Gasteiger partial charge is 0.422 e. The Morgan fingerprint density at radius 3 is 2.65 bits per heavy atom. The van der Waals surface area contributed by atoms with Gasteiger partial charge in [-0.15, -0.1) is 0 Å². The zero-order valence-electron chi connectivity index (χ0n) is 20.2. The van der Waals surface area contributed by atoms with Crippen molar-refractivity contribution in [2.24, 2.45) is 0 Å². The summed E-state index contributed by atoms with van der Waals surface area (Å²) in [5.41, 5.74) is 0.472. The number of rotatable bonds is 8. The molecule has 0 bridgehead atoms. The first kappa shape index (κ1) is 27.4. The van der Waals surface area contributed by atoms with Crippen LogP contribution in [-0.4, -0.2) is 41.3 Å². The van der Waals surface area contributed by atoms with E-state index in [9.17, 15) is 27.2 Å². The molecule has 37 heavy (non-hydrogen) atoms. The van der Waals surface area contributed by atoms with Gasteiger partial charge in [0.25, 0.3) is 11.8 Å². The van der Waals surface area contributed by atoms with Crippen LogP contribution in [0.5, 0.6) is 5.75 Å². The minimum absolute atomic E-state index is 0.0111. The Labute approximate surface area is 225 Å². The smallest absolute Gasteiger partial charge is 0.377 e. The lowest BCUT2D eigenvalue weighted by Gasteiger charge is -2.26. The second kappa shape index (κ2) is 11.4. The molecule has 0 unspecified atom stereocenters. The molecule has 2 aliphatic heterocycles. The van der Waals surface area contributed by atoms with E-state index in [0.717, 1.165) is 32.1 Å². The predicted molar refractivity (Wildman–Crippen MR) is 139 cm³/mol. The van der Waals surface area contributed by atoms with Crippen LogP contribution in [0.4, 0.5) is 23.2 Å². The number of aryl methyl sites for hydroxylation is 1. The molecule has 1 aromatic carbocycles. The Morgan fingerprint density at radius 2 is 1.95 bits per heavy atom. The zero-order valence-corrected chi connectivity index (χ0v) is 22.3. The number of aromatic amines is 1. The van der Waals surface area contributed by atoms with Gasteiger partial charge in [-0.05, 0) is 93.0 Å². The summed E-state index contributed by atoms with van der Waals surface area (Å²) in [6.45, 7) is 4.37. The number of hydroxylamine groups is 1. The van der Waals surface area contributed by atoms with Gasteiger partial charge in [0.05, 0.1) is 22.6 Å². The number of piperidine rings is 1. The Balaban J connectivity index is 1.47. The normalized spacial score (nSPS) is 17.1. The average molecular weight is 634 g/mol. The Morgan fingerprint density at radius 1 is 1.22 bits per heavy atom. The molecule has 0 atom stereocenters. The molecule has 2 aliphatic rings. The number of amides is 2. The molecule has 4 rings (SSSR count). The minimum Gasteiger partial charge on any atom is -0.377 e. The summed E-state index contributed by atoms with van der Waals surface area (Å²) in [5.74, 6) is -2.52. The molecule has 3 N–H and O–H groups in total. The molecule has 3 heterocycles. The second-order valence-electron chi connectivity index (χ2n) is 9.17. The van der Waals surface area contributed by atoms with Crippen molar-refractivity contribution in [2.45, 2.75) is 51.6 Å². The highest BCUT2D eigenvalue weighted by atomic mass is 127. The molecular formula is C25H27F4IN4O3. The number of carbonyl (C=O) groups excluding carboxylic acids is 2. The molecule has 0 aliphatic carbocycles. The molecule has 0 radical (unpaired) electrons. The number of unbranched alkanes of at least 4 members (excludes halogenated alkanes) is 1. The molecule has 0 saturated carbocycles. The third kappa shape index (κ3) is 6.46. The van der Waals surface area contributed by atoms with Crippen LogP contribution in [0, 0.1) is 16.3 Å². The van der Waals surface area contributed by atoms with Crippen molar-refractivity contribution in [1.29, 1.82) is 0 Å².